The lowest BCUT2D eigenvalue weighted by Gasteiger charge is -2.28. The number of aromatic nitrogens is 2. The van der Waals surface area contributed by atoms with Crippen LogP contribution in [0.15, 0.2) is 46.6 Å². The number of para-hydroxylation sites is 2. The Bertz CT molecular complexity index is 994. The second-order valence-electron chi connectivity index (χ2n) is 6.27. The van der Waals surface area contributed by atoms with Crippen molar-refractivity contribution in [2.45, 2.75) is 13.1 Å². The Labute approximate surface area is 160 Å². The zero-order chi connectivity index (χ0) is 18.6. The average Bonchev–Trinajstić information content (AvgIpc) is 3.23. The van der Waals surface area contributed by atoms with Crippen LogP contribution >= 0.6 is 11.3 Å². The van der Waals surface area contributed by atoms with Gasteiger partial charge in [0.2, 0.25) is 5.91 Å². The lowest BCUT2D eigenvalue weighted by Crippen LogP contribution is -2.42. The van der Waals surface area contributed by atoms with Crippen LogP contribution in [0.1, 0.15) is 4.88 Å². The van der Waals surface area contributed by atoms with E-state index in [-0.39, 0.29) is 18.0 Å². The van der Waals surface area contributed by atoms with E-state index >= 15 is 0 Å². The van der Waals surface area contributed by atoms with Crippen LogP contribution in [-0.2, 0) is 22.6 Å². The number of amides is 1. The number of morpholine rings is 1. The van der Waals surface area contributed by atoms with Gasteiger partial charge < -0.3 is 15.0 Å². The molecule has 0 saturated carbocycles. The summed E-state index contributed by atoms with van der Waals surface area (Å²) in [6.07, 6.45) is 0. The predicted octanol–water partition coefficient (Wildman–Crippen LogP) is 1.61. The standard InChI is InChI=1S/C19H20N4O3S/c24-17(20-12-14-4-3-11-27-14)13-23-16-6-2-1-5-15(16)21-18(19(23)25)22-7-9-26-10-8-22/h1-6,11H,7-10,12-13H2,(H,20,24). The average molecular weight is 384 g/mol. The molecule has 1 aliphatic heterocycles. The Hall–Kier alpha value is -2.71. The minimum atomic E-state index is -0.248. The first-order chi connectivity index (χ1) is 13.2. The number of hydrogen-bond donors (Lipinski definition) is 1. The van der Waals surface area contributed by atoms with Crippen LogP contribution in [-0.4, -0.2) is 41.8 Å². The molecule has 0 radical (unpaired) electrons. The molecule has 140 valence electrons. The summed E-state index contributed by atoms with van der Waals surface area (Å²) < 4.78 is 6.88. The molecule has 4 rings (SSSR count). The number of ether oxygens (including phenoxy) is 1. The van der Waals surface area contributed by atoms with Crippen LogP contribution in [0.2, 0.25) is 0 Å². The lowest BCUT2D eigenvalue weighted by molar-refractivity contribution is -0.121. The van der Waals surface area contributed by atoms with Gasteiger partial charge >= 0.3 is 0 Å². The van der Waals surface area contributed by atoms with Crippen molar-refractivity contribution in [2.24, 2.45) is 0 Å². The summed E-state index contributed by atoms with van der Waals surface area (Å²) in [6, 6.07) is 11.3. The van der Waals surface area contributed by atoms with Gasteiger partial charge in [-0.1, -0.05) is 18.2 Å². The lowest BCUT2D eigenvalue weighted by atomic mass is 10.2. The van der Waals surface area contributed by atoms with E-state index in [0.29, 0.717) is 49.7 Å². The van der Waals surface area contributed by atoms with Gasteiger partial charge in [0.1, 0.15) is 6.54 Å². The van der Waals surface area contributed by atoms with Crippen molar-refractivity contribution in [2.75, 3.05) is 31.2 Å². The number of nitrogens with one attached hydrogen (secondary N) is 1. The van der Waals surface area contributed by atoms with Crippen LogP contribution in [0, 0.1) is 0 Å². The Morgan fingerprint density at radius 3 is 2.78 bits per heavy atom. The first-order valence-corrected chi connectivity index (χ1v) is 9.72. The fraction of sp³-hybridized carbons (Fsp3) is 0.316. The topological polar surface area (TPSA) is 76.5 Å². The molecule has 0 aliphatic carbocycles. The van der Waals surface area contributed by atoms with Gasteiger partial charge in [0, 0.05) is 18.0 Å². The minimum Gasteiger partial charge on any atom is -0.378 e. The highest BCUT2D eigenvalue weighted by Crippen LogP contribution is 2.15. The van der Waals surface area contributed by atoms with E-state index in [1.807, 2.05) is 46.7 Å². The smallest absolute Gasteiger partial charge is 0.294 e. The number of rotatable bonds is 5. The number of carbonyl (C=O) groups is 1. The van der Waals surface area contributed by atoms with E-state index in [1.54, 1.807) is 11.3 Å². The zero-order valence-corrected chi connectivity index (χ0v) is 15.6. The van der Waals surface area contributed by atoms with Crippen LogP contribution in [0.25, 0.3) is 11.0 Å². The number of nitrogens with zero attached hydrogens (tertiary/aromatic N) is 3. The first-order valence-electron chi connectivity index (χ1n) is 8.84. The minimum absolute atomic E-state index is 0.0371. The fourth-order valence-electron chi connectivity index (χ4n) is 3.12. The van der Waals surface area contributed by atoms with E-state index < -0.39 is 0 Å². The van der Waals surface area contributed by atoms with Crippen molar-refractivity contribution < 1.29 is 9.53 Å². The summed E-state index contributed by atoms with van der Waals surface area (Å²) in [4.78, 5) is 33.1. The third kappa shape index (κ3) is 3.86. The van der Waals surface area contributed by atoms with Crippen LogP contribution in [0.3, 0.4) is 0 Å². The van der Waals surface area contributed by atoms with Gasteiger partial charge in [0.05, 0.1) is 30.8 Å². The third-order valence-electron chi connectivity index (χ3n) is 4.49. The Morgan fingerprint density at radius 2 is 2.00 bits per heavy atom. The summed E-state index contributed by atoms with van der Waals surface area (Å²) in [5, 5.41) is 4.85. The molecule has 1 amide bonds. The van der Waals surface area contributed by atoms with Gasteiger partial charge in [-0.2, -0.15) is 0 Å². The second kappa shape index (κ2) is 7.89. The summed E-state index contributed by atoms with van der Waals surface area (Å²) >= 11 is 1.59. The van der Waals surface area contributed by atoms with Gasteiger partial charge in [-0.3, -0.25) is 14.2 Å². The molecule has 1 fully saturated rings. The molecule has 7 nitrogen and oxygen atoms in total. The van der Waals surface area contributed by atoms with Crippen molar-refractivity contribution in [1.82, 2.24) is 14.9 Å². The number of anilines is 1. The zero-order valence-electron chi connectivity index (χ0n) is 14.8. The number of fused-ring (bicyclic) bond motifs is 1. The Morgan fingerprint density at radius 1 is 1.19 bits per heavy atom. The molecule has 1 aliphatic rings. The van der Waals surface area contributed by atoms with Crippen molar-refractivity contribution in [3.05, 3.63) is 57.0 Å². The molecule has 0 spiro atoms. The number of carbonyl (C=O) groups excluding carboxylic acids is 1. The van der Waals surface area contributed by atoms with Crippen molar-refractivity contribution in [3.8, 4) is 0 Å². The fourth-order valence-corrected chi connectivity index (χ4v) is 3.76. The molecule has 3 heterocycles. The summed E-state index contributed by atoms with van der Waals surface area (Å²) in [6.45, 7) is 2.79. The molecular weight excluding hydrogens is 364 g/mol. The molecule has 2 aromatic heterocycles. The summed E-state index contributed by atoms with van der Waals surface area (Å²) in [5.74, 6) is 0.179. The van der Waals surface area contributed by atoms with Gasteiger partial charge in [0.15, 0.2) is 5.82 Å². The van der Waals surface area contributed by atoms with Gasteiger partial charge in [-0.25, -0.2) is 4.98 Å². The highest BCUT2D eigenvalue weighted by molar-refractivity contribution is 7.09. The van der Waals surface area contributed by atoms with Crippen molar-refractivity contribution in [1.29, 1.82) is 0 Å². The third-order valence-corrected chi connectivity index (χ3v) is 5.36. The van der Waals surface area contributed by atoms with E-state index in [4.69, 9.17) is 4.74 Å². The molecule has 27 heavy (non-hydrogen) atoms. The molecular formula is C19H20N4O3S. The molecule has 1 saturated heterocycles. The molecule has 1 aromatic carbocycles. The van der Waals surface area contributed by atoms with Crippen molar-refractivity contribution in [3.63, 3.8) is 0 Å². The first kappa shape index (κ1) is 17.7. The second-order valence-corrected chi connectivity index (χ2v) is 7.30. The van der Waals surface area contributed by atoms with Gasteiger partial charge in [0.25, 0.3) is 5.56 Å². The molecule has 0 bridgehead atoms. The highest BCUT2D eigenvalue weighted by Gasteiger charge is 2.20. The monoisotopic (exact) mass is 384 g/mol. The largest absolute Gasteiger partial charge is 0.378 e. The molecule has 0 unspecified atom stereocenters. The van der Waals surface area contributed by atoms with Crippen LogP contribution in [0.4, 0.5) is 5.82 Å². The van der Waals surface area contributed by atoms with E-state index in [9.17, 15) is 9.59 Å². The quantitative estimate of drug-likeness (QED) is 0.723. The maximum Gasteiger partial charge on any atom is 0.294 e. The Balaban J connectivity index is 1.64. The normalized spacial score (nSPS) is 14.4. The molecule has 8 heteroatoms. The van der Waals surface area contributed by atoms with E-state index in [0.717, 1.165) is 4.88 Å². The summed E-state index contributed by atoms with van der Waals surface area (Å²) in [5.41, 5.74) is 1.11. The maximum atomic E-state index is 13.1. The van der Waals surface area contributed by atoms with E-state index in [2.05, 4.69) is 10.3 Å². The SMILES string of the molecule is O=C(Cn1c(=O)c(N2CCOCC2)nc2ccccc21)NCc1cccs1. The highest BCUT2D eigenvalue weighted by atomic mass is 32.1. The number of hydrogen-bond acceptors (Lipinski definition) is 6. The van der Waals surface area contributed by atoms with Gasteiger partial charge in [-0.15, -0.1) is 11.3 Å². The number of benzene rings is 1. The predicted molar refractivity (Wildman–Crippen MR) is 105 cm³/mol. The summed E-state index contributed by atoms with van der Waals surface area (Å²) in [7, 11) is 0. The van der Waals surface area contributed by atoms with Crippen LogP contribution in [0.5, 0.6) is 0 Å². The number of thiophene rings is 1. The van der Waals surface area contributed by atoms with Crippen LogP contribution < -0.4 is 15.8 Å². The molecule has 3 aromatic rings. The van der Waals surface area contributed by atoms with Gasteiger partial charge in [-0.05, 0) is 23.6 Å². The maximum absolute atomic E-state index is 13.1. The van der Waals surface area contributed by atoms with E-state index in [1.165, 1.54) is 4.57 Å². The Kier molecular flexibility index (Phi) is 5.17. The van der Waals surface area contributed by atoms with Crippen molar-refractivity contribution >= 4 is 34.1 Å². The molecule has 1 N–H and O–H groups in total. The molecule has 0 atom stereocenters.